The Hall–Kier alpha value is -1.22. The molecule has 0 aromatic heterocycles. The molecule has 1 aliphatic heterocycles. The van der Waals surface area contributed by atoms with E-state index in [4.69, 9.17) is 15.2 Å². The Balaban J connectivity index is 1.92. The van der Waals surface area contributed by atoms with Gasteiger partial charge in [-0.3, -0.25) is 0 Å². The van der Waals surface area contributed by atoms with Gasteiger partial charge in [-0.25, -0.2) is 0 Å². The second kappa shape index (κ2) is 6.10. The molecular formula is C15H23NO2. The molecule has 1 aromatic carbocycles. The smallest absolute Gasteiger partial charge is 0.161 e. The molecule has 0 saturated carbocycles. The molecular weight excluding hydrogens is 226 g/mol. The molecule has 0 bridgehead atoms. The summed E-state index contributed by atoms with van der Waals surface area (Å²) >= 11 is 0. The van der Waals surface area contributed by atoms with Crippen LogP contribution in [0, 0.1) is 5.92 Å². The molecule has 1 heterocycles. The summed E-state index contributed by atoms with van der Waals surface area (Å²) in [6.07, 6.45) is 3.39. The summed E-state index contributed by atoms with van der Waals surface area (Å²) in [5.41, 5.74) is 6.23. The van der Waals surface area contributed by atoms with E-state index in [9.17, 15) is 0 Å². The van der Waals surface area contributed by atoms with Crippen LogP contribution in [0.1, 0.15) is 33.1 Å². The van der Waals surface area contributed by atoms with Crippen molar-refractivity contribution in [3.8, 4) is 11.5 Å². The summed E-state index contributed by atoms with van der Waals surface area (Å²) in [4.78, 5) is 0. The molecule has 3 unspecified atom stereocenters. The minimum atomic E-state index is -0.0285. The number of hydrogen-bond acceptors (Lipinski definition) is 3. The molecule has 1 aliphatic rings. The highest BCUT2D eigenvalue weighted by atomic mass is 16.6. The second-order valence-electron chi connectivity index (χ2n) is 5.21. The van der Waals surface area contributed by atoms with Gasteiger partial charge in [0.25, 0.3) is 0 Å². The van der Waals surface area contributed by atoms with E-state index in [-0.39, 0.29) is 12.1 Å². The Kier molecular flexibility index (Phi) is 4.48. The molecule has 0 aliphatic carbocycles. The maximum atomic E-state index is 6.23. The van der Waals surface area contributed by atoms with Gasteiger partial charge in [-0.15, -0.1) is 0 Å². The van der Waals surface area contributed by atoms with Gasteiger partial charge in [-0.05, 0) is 24.5 Å². The van der Waals surface area contributed by atoms with Crippen molar-refractivity contribution in [1.82, 2.24) is 0 Å². The SMILES string of the molecule is CCCC(C)CC(N)C1COc2ccccc2O1. The lowest BCUT2D eigenvalue weighted by atomic mass is 9.95. The van der Waals surface area contributed by atoms with Gasteiger partial charge in [-0.1, -0.05) is 38.8 Å². The van der Waals surface area contributed by atoms with Crippen LogP contribution < -0.4 is 15.2 Å². The molecule has 2 N–H and O–H groups in total. The van der Waals surface area contributed by atoms with Crippen LogP contribution in [0.25, 0.3) is 0 Å². The van der Waals surface area contributed by atoms with E-state index >= 15 is 0 Å². The molecule has 3 heteroatoms. The number of hydrogen-bond donors (Lipinski definition) is 1. The Morgan fingerprint density at radius 3 is 2.78 bits per heavy atom. The average molecular weight is 249 g/mol. The lowest BCUT2D eigenvalue weighted by molar-refractivity contribution is 0.0659. The summed E-state index contributed by atoms with van der Waals surface area (Å²) in [7, 11) is 0. The van der Waals surface area contributed by atoms with Crippen molar-refractivity contribution in [3.05, 3.63) is 24.3 Å². The topological polar surface area (TPSA) is 44.5 Å². The van der Waals surface area contributed by atoms with Crippen molar-refractivity contribution >= 4 is 0 Å². The molecule has 0 saturated heterocycles. The van der Waals surface area contributed by atoms with Crippen LogP contribution in [0.15, 0.2) is 24.3 Å². The van der Waals surface area contributed by atoms with Crippen molar-refractivity contribution < 1.29 is 9.47 Å². The van der Waals surface area contributed by atoms with E-state index in [1.54, 1.807) is 0 Å². The third kappa shape index (κ3) is 3.16. The highest BCUT2D eigenvalue weighted by Crippen LogP contribution is 2.32. The van der Waals surface area contributed by atoms with Crippen LogP contribution in [-0.4, -0.2) is 18.8 Å². The Morgan fingerprint density at radius 1 is 1.33 bits per heavy atom. The first kappa shape index (κ1) is 13.2. The zero-order valence-electron chi connectivity index (χ0n) is 11.3. The highest BCUT2D eigenvalue weighted by molar-refractivity contribution is 5.40. The maximum Gasteiger partial charge on any atom is 0.161 e. The number of nitrogens with two attached hydrogens (primary N) is 1. The fourth-order valence-corrected chi connectivity index (χ4v) is 2.47. The van der Waals surface area contributed by atoms with Crippen LogP contribution in [0.4, 0.5) is 0 Å². The predicted octanol–water partition coefficient (Wildman–Crippen LogP) is 2.98. The number of rotatable bonds is 5. The molecule has 1 aromatic rings. The number of ether oxygens (including phenoxy) is 2. The number of fused-ring (bicyclic) bond motifs is 1. The second-order valence-corrected chi connectivity index (χ2v) is 5.21. The van der Waals surface area contributed by atoms with E-state index < -0.39 is 0 Å². The van der Waals surface area contributed by atoms with Crippen LogP contribution in [0.2, 0.25) is 0 Å². The Labute approximate surface area is 109 Å². The van der Waals surface area contributed by atoms with E-state index in [0.717, 1.165) is 17.9 Å². The molecule has 0 spiro atoms. The van der Waals surface area contributed by atoms with E-state index in [1.807, 2.05) is 24.3 Å². The summed E-state index contributed by atoms with van der Waals surface area (Å²) < 4.78 is 11.6. The molecule has 2 rings (SSSR count). The third-order valence-corrected chi connectivity index (χ3v) is 3.46. The minimum Gasteiger partial charge on any atom is -0.486 e. The van der Waals surface area contributed by atoms with Gasteiger partial charge in [0.05, 0.1) is 0 Å². The molecule has 3 nitrogen and oxygen atoms in total. The van der Waals surface area contributed by atoms with Crippen LogP contribution in [0.3, 0.4) is 0 Å². The van der Waals surface area contributed by atoms with Gasteiger partial charge in [0, 0.05) is 6.04 Å². The van der Waals surface area contributed by atoms with Crippen LogP contribution in [-0.2, 0) is 0 Å². The van der Waals surface area contributed by atoms with Gasteiger partial charge in [0.1, 0.15) is 12.7 Å². The summed E-state index contributed by atoms with van der Waals surface area (Å²) in [5, 5.41) is 0. The first-order chi connectivity index (χ1) is 8.70. The monoisotopic (exact) mass is 249 g/mol. The molecule has 0 radical (unpaired) electrons. The molecule has 3 atom stereocenters. The van der Waals surface area contributed by atoms with Crippen molar-refractivity contribution in [2.75, 3.05) is 6.61 Å². The summed E-state index contributed by atoms with van der Waals surface area (Å²) in [6, 6.07) is 7.81. The fraction of sp³-hybridized carbons (Fsp3) is 0.600. The average Bonchev–Trinajstić information content (AvgIpc) is 2.38. The summed E-state index contributed by atoms with van der Waals surface area (Å²) in [6.45, 7) is 5.01. The van der Waals surface area contributed by atoms with Crippen molar-refractivity contribution in [2.45, 2.75) is 45.3 Å². The zero-order valence-corrected chi connectivity index (χ0v) is 11.3. The molecule has 100 valence electrons. The van der Waals surface area contributed by atoms with Crippen molar-refractivity contribution in [1.29, 1.82) is 0 Å². The molecule has 0 fully saturated rings. The van der Waals surface area contributed by atoms with Crippen molar-refractivity contribution in [2.24, 2.45) is 11.7 Å². The van der Waals surface area contributed by atoms with Gasteiger partial charge in [0.15, 0.2) is 11.5 Å². The zero-order chi connectivity index (χ0) is 13.0. The Bertz CT molecular complexity index is 381. The summed E-state index contributed by atoms with van der Waals surface area (Å²) in [5.74, 6) is 2.28. The molecule has 0 amide bonds. The first-order valence-electron chi connectivity index (χ1n) is 6.84. The standard InChI is InChI=1S/C15H23NO2/c1-3-6-11(2)9-12(16)15-10-17-13-7-4-5-8-14(13)18-15/h4-5,7-8,11-12,15H,3,6,9-10,16H2,1-2H3. The normalized spacial score (nSPS) is 21.4. The van der Waals surface area contributed by atoms with Crippen LogP contribution >= 0.6 is 0 Å². The Morgan fingerprint density at radius 2 is 2.06 bits per heavy atom. The highest BCUT2D eigenvalue weighted by Gasteiger charge is 2.27. The molecule has 18 heavy (non-hydrogen) atoms. The lowest BCUT2D eigenvalue weighted by Crippen LogP contribution is -2.45. The van der Waals surface area contributed by atoms with Gasteiger partial charge < -0.3 is 15.2 Å². The van der Waals surface area contributed by atoms with E-state index in [2.05, 4.69) is 13.8 Å². The van der Waals surface area contributed by atoms with Crippen LogP contribution in [0.5, 0.6) is 11.5 Å². The van der Waals surface area contributed by atoms with Gasteiger partial charge in [0.2, 0.25) is 0 Å². The van der Waals surface area contributed by atoms with Gasteiger partial charge in [-0.2, -0.15) is 0 Å². The fourth-order valence-electron chi connectivity index (χ4n) is 2.47. The van der Waals surface area contributed by atoms with Crippen molar-refractivity contribution in [3.63, 3.8) is 0 Å². The van der Waals surface area contributed by atoms with Gasteiger partial charge >= 0.3 is 0 Å². The van der Waals surface area contributed by atoms with E-state index in [1.165, 1.54) is 12.8 Å². The minimum absolute atomic E-state index is 0.0285. The quantitative estimate of drug-likeness (QED) is 0.872. The maximum absolute atomic E-state index is 6.23. The lowest BCUT2D eigenvalue weighted by Gasteiger charge is -2.31. The third-order valence-electron chi connectivity index (χ3n) is 3.46. The predicted molar refractivity (Wildman–Crippen MR) is 73.0 cm³/mol. The largest absolute Gasteiger partial charge is 0.486 e. The van der Waals surface area contributed by atoms with E-state index in [0.29, 0.717) is 12.5 Å². The number of para-hydroxylation sites is 2. The first-order valence-corrected chi connectivity index (χ1v) is 6.84. The number of benzene rings is 1.